The fraction of sp³-hybridized carbons (Fsp3) is 0.455. The summed E-state index contributed by atoms with van der Waals surface area (Å²) in [7, 11) is 0. The van der Waals surface area contributed by atoms with Gasteiger partial charge in [0.1, 0.15) is 0 Å². The number of nitro benzene ring substituents is 1. The summed E-state index contributed by atoms with van der Waals surface area (Å²) in [6.07, 6.45) is 0. The van der Waals surface area contributed by atoms with Gasteiger partial charge in [-0.2, -0.15) is 8.78 Å². The van der Waals surface area contributed by atoms with Gasteiger partial charge in [0, 0.05) is 70.1 Å². The van der Waals surface area contributed by atoms with Gasteiger partial charge in [-0.15, -0.1) is 0 Å². The first-order valence-electron chi connectivity index (χ1n) is 11.2. The molecule has 2 aliphatic heterocycles. The zero-order valence-electron chi connectivity index (χ0n) is 18.9. The summed E-state index contributed by atoms with van der Waals surface area (Å²) in [4.78, 5) is 32.2. The molecule has 0 saturated carbocycles. The number of ether oxygens (including phenoxy) is 1. The van der Waals surface area contributed by atoms with Crippen molar-refractivity contribution in [2.24, 2.45) is 0 Å². The number of aromatic nitrogens is 1. The van der Waals surface area contributed by atoms with Crippen molar-refractivity contribution in [2.45, 2.75) is 0 Å². The average Bonchev–Trinajstić information content (AvgIpc) is 2.89. The van der Waals surface area contributed by atoms with Gasteiger partial charge in [0.2, 0.25) is 17.5 Å². The number of hydrogen-bond acceptors (Lipinski definition) is 8. The van der Waals surface area contributed by atoms with E-state index in [2.05, 4.69) is 15.2 Å². The first-order chi connectivity index (χ1) is 16.8. The van der Waals surface area contributed by atoms with E-state index in [9.17, 15) is 28.1 Å². The van der Waals surface area contributed by atoms with Crippen LogP contribution in [0.1, 0.15) is 10.4 Å². The number of nitro groups is 1. The van der Waals surface area contributed by atoms with Crippen LogP contribution in [-0.2, 0) is 4.74 Å². The van der Waals surface area contributed by atoms with Crippen LogP contribution in [0.4, 0.5) is 30.5 Å². The number of carbonyl (C=O) groups excluding carboxylic acids is 1. The highest BCUT2D eigenvalue weighted by Crippen LogP contribution is 2.27. The smallest absolute Gasteiger partial charge is 0.270 e. The van der Waals surface area contributed by atoms with E-state index in [1.54, 1.807) is 0 Å². The molecule has 2 fully saturated rings. The zero-order valence-corrected chi connectivity index (χ0v) is 18.9. The number of morpholine rings is 1. The van der Waals surface area contributed by atoms with E-state index in [-0.39, 0.29) is 49.1 Å². The Bertz CT molecular complexity index is 1090. The van der Waals surface area contributed by atoms with E-state index in [1.165, 1.54) is 34.1 Å². The normalized spacial score (nSPS) is 16.9. The third-order valence-electron chi connectivity index (χ3n) is 6.00. The lowest BCUT2D eigenvalue weighted by Crippen LogP contribution is -2.49. The van der Waals surface area contributed by atoms with E-state index < -0.39 is 28.3 Å². The first kappa shape index (κ1) is 24.7. The van der Waals surface area contributed by atoms with E-state index in [0.29, 0.717) is 26.3 Å². The Morgan fingerprint density at radius 2 is 1.77 bits per heavy atom. The molecule has 2 aromatic rings. The molecule has 0 radical (unpaired) electrons. The number of non-ortho nitro benzene ring substituents is 1. The molecule has 1 aromatic carbocycles. The zero-order chi connectivity index (χ0) is 24.9. The van der Waals surface area contributed by atoms with Gasteiger partial charge >= 0.3 is 0 Å². The van der Waals surface area contributed by atoms with Gasteiger partial charge in [0.05, 0.1) is 18.1 Å². The number of amides is 1. The number of nitrogens with one attached hydrogen (secondary N) is 1. The standard InChI is InChI=1S/C22H25F3N6O4/c23-17-18(24)20(26-4-5-28-10-12-35-13-11-28)27-21(19(17)25)29-6-8-30(9-7-29)22(32)15-2-1-3-16(14-15)31(33)34/h1-3,14H,4-13H2,(H,26,27). The predicted octanol–water partition coefficient (Wildman–Crippen LogP) is 2.11. The average molecular weight is 494 g/mol. The fourth-order valence-electron chi connectivity index (χ4n) is 4.04. The Kier molecular flexibility index (Phi) is 7.66. The van der Waals surface area contributed by atoms with Crippen LogP contribution in [0.25, 0.3) is 0 Å². The Morgan fingerprint density at radius 1 is 1.06 bits per heavy atom. The van der Waals surface area contributed by atoms with E-state index in [1.807, 2.05) is 0 Å². The molecule has 0 atom stereocenters. The first-order valence-corrected chi connectivity index (χ1v) is 11.2. The number of nitrogens with zero attached hydrogens (tertiary/aromatic N) is 5. The molecule has 0 spiro atoms. The molecule has 13 heteroatoms. The summed E-state index contributed by atoms with van der Waals surface area (Å²) < 4.78 is 48.5. The topological polar surface area (TPSA) is 104 Å². The molecule has 35 heavy (non-hydrogen) atoms. The minimum Gasteiger partial charge on any atom is -0.379 e. The van der Waals surface area contributed by atoms with Crippen molar-refractivity contribution >= 4 is 23.2 Å². The third kappa shape index (κ3) is 5.62. The molecule has 2 saturated heterocycles. The summed E-state index contributed by atoms with van der Waals surface area (Å²) in [6.45, 7) is 4.11. The van der Waals surface area contributed by atoms with Crippen molar-refractivity contribution in [3.05, 3.63) is 57.4 Å². The Hall–Kier alpha value is -3.45. The molecule has 3 heterocycles. The molecule has 1 N–H and O–H groups in total. The highest BCUT2D eigenvalue weighted by molar-refractivity contribution is 5.95. The summed E-state index contributed by atoms with van der Waals surface area (Å²) in [5.41, 5.74) is -0.0345. The van der Waals surface area contributed by atoms with Crippen molar-refractivity contribution < 1.29 is 27.6 Å². The lowest BCUT2D eigenvalue weighted by atomic mass is 10.1. The van der Waals surface area contributed by atoms with Gasteiger partial charge in [-0.05, 0) is 6.07 Å². The van der Waals surface area contributed by atoms with Crippen molar-refractivity contribution in [1.82, 2.24) is 14.8 Å². The fourth-order valence-corrected chi connectivity index (χ4v) is 4.04. The highest BCUT2D eigenvalue weighted by atomic mass is 19.2. The van der Waals surface area contributed by atoms with Gasteiger partial charge in [0.15, 0.2) is 11.6 Å². The summed E-state index contributed by atoms with van der Waals surface area (Å²) in [6, 6.07) is 5.39. The summed E-state index contributed by atoms with van der Waals surface area (Å²) in [5.74, 6) is -5.49. The summed E-state index contributed by atoms with van der Waals surface area (Å²) in [5, 5.41) is 13.7. The second-order valence-corrected chi connectivity index (χ2v) is 8.19. The van der Waals surface area contributed by atoms with Crippen LogP contribution in [-0.4, -0.2) is 91.2 Å². The van der Waals surface area contributed by atoms with Crippen LogP contribution < -0.4 is 10.2 Å². The quantitative estimate of drug-likeness (QED) is 0.461. The lowest BCUT2D eigenvalue weighted by Gasteiger charge is -2.35. The molecule has 1 aromatic heterocycles. The highest BCUT2D eigenvalue weighted by Gasteiger charge is 2.29. The number of rotatable bonds is 7. The van der Waals surface area contributed by atoms with Crippen LogP contribution in [0.2, 0.25) is 0 Å². The number of halogens is 3. The van der Waals surface area contributed by atoms with Gasteiger partial charge in [-0.1, -0.05) is 6.07 Å². The Morgan fingerprint density at radius 3 is 2.46 bits per heavy atom. The molecular formula is C22H25F3N6O4. The van der Waals surface area contributed by atoms with Crippen LogP contribution >= 0.6 is 0 Å². The van der Waals surface area contributed by atoms with Crippen LogP contribution in [0, 0.1) is 27.6 Å². The second-order valence-electron chi connectivity index (χ2n) is 8.19. The monoisotopic (exact) mass is 494 g/mol. The number of pyridine rings is 1. The van der Waals surface area contributed by atoms with E-state index in [0.717, 1.165) is 13.1 Å². The van der Waals surface area contributed by atoms with Gasteiger partial charge < -0.3 is 19.9 Å². The largest absolute Gasteiger partial charge is 0.379 e. The van der Waals surface area contributed by atoms with Crippen molar-refractivity contribution in [1.29, 1.82) is 0 Å². The van der Waals surface area contributed by atoms with Crippen molar-refractivity contribution in [3.8, 4) is 0 Å². The Balaban J connectivity index is 1.40. The number of anilines is 2. The molecule has 188 valence electrons. The van der Waals surface area contributed by atoms with E-state index in [4.69, 9.17) is 4.74 Å². The number of carbonyl (C=O) groups is 1. The molecule has 0 aliphatic carbocycles. The van der Waals surface area contributed by atoms with Crippen molar-refractivity contribution in [2.75, 3.05) is 75.8 Å². The maximum atomic E-state index is 14.6. The molecule has 2 aliphatic rings. The molecule has 10 nitrogen and oxygen atoms in total. The number of hydrogen-bond donors (Lipinski definition) is 1. The molecule has 0 bridgehead atoms. The van der Waals surface area contributed by atoms with Gasteiger partial charge in [0.25, 0.3) is 11.6 Å². The maximum absolute atomic E-state index is 14.6. The molecular weight excluding hydrogens is 469 g/mol. The van der Waals surface area contributed by atoms with Crippen LogP contribution in [0.3, 0.4) is 0 Å². The SMILES string of the molecule is O=C(c1cccc([N+](=O)[O-])c1)N1CCN(c2nc(NCCN3CCOCC3)c(F)c(F)c2F)CC1. The minimum atomic E-state index is -1.61. The second kappa shape index (κ2) is 10.9. The number of piperazine rings is 1. The minimum absolute atomic E-state index is 0.128. The van der Waals surface area contributed by atoms with Crippen molar-refractivity contribution in [3.63, 3.8) is 0 Å². The van der Waals surface area contributed by atoms with Gasteiger partial charge in [-0.25, -0.2) is 9.37 Å². The molecule has 1 amide bonds. The Labute approximate surface area is 199 Å². The third-order valence-corrected chi connectivity index (χ3v) is 6.00. The maximum Gasteiger partial charge on any atom is 0.270 e. The molecule has 4 rings (SSSR count). The number of benzene rings is 1. The molecule has 0 unspecified atom stereocenters. The summed E-state index contributed by atoms with van der Waals surface area (Å²) >= 11 is 0. The van der Waals surface area contributed by atoms with Gasteiger partial charge in [-0.3, -0.25) is 19.8 Å². The lowest BCUT2D eigenvalue weighted by molar-refractivity contribution is -0.384. The predicted molar refractivity (Wildman–Crippen MR) is 121 cm³/mol. The van der Waals surface area contributed by atoms with Crippen LogP contribution in [0.5, 0.6) is 0 Å². The van der Waals surface area contributed by atoms with E-state index >= 15 is 0 Å². The van der Waals surface area contributed by atoms with Crippen LogP contribution in [0.15, 0.2) is 24.3 Å².